The zero-order valence-corrected chi connectivity index (χ0v) is 16.7. The number of hydrogen-bond donors (Lipinski definition) is 1. The normalized spacial score (nSPS) is 14.6. The van der Waals surface area contributed by atoms with Crippen molar-refractivity contribution in [2.45, 2.75) is 6.42 Å². The summed E-state index contributed by atoms with van der Waals surface area (Å²) in [7, 11) is 3.13. The highest BCUT2D eigenvalue weighted by Gasteiger charge is 2.14. The van der Waals surface area contributed by atoms with E-state index >= 15 is 0 Å². The Morgan fingerprint density at radius 2 is 1.81 bits per heavy atom. The maximum Gasteiger partial charge on any atom is 0.259 e. The molecule has 3 rings (SSSR count). The number of ether oxygens (including phenoxy) is 2. The van der Waals surface area contributed by atoms with Gasteiger partial charge in [-0.1, -0.05) is 12.1 Å². The second kappa shape index (κ2) is 9.67. The van der Waals surface area contributed by atoms with Crippen molar-refractivity contribution < 1.29 is 14.3 Å². The number of nitrogens with one attached hydrogen (secondary N) is 1. The second-order valence-electron chi connectivity index (χ2n) is 6.42. The predicted molar refractivity (Wildman–Crippen MR) is 111 cm³/mol. The highest BCUT2D eigenvalue weighted by atomic mass is 32.2. The molecule has 1 saturated heterocycles. The summed E-state index contributed by atoms with van der Waals surface area (Å²) in [5, 5.41) is 2.93. The van der Waals surface area contributed by atoms with Crippen molar-refractivity contribution in [3.8, 4) is 11.5 Å². The van der Waals surface area contributed by atoms with E-state index in [1.165, 1.54) is 30.2 Å². The van der Waals surface area contributed by atoms with Gasteiger partial charge in [0.25, 0.3) is 5.91 Å². The Bertz CT molecular complexity index is 759. The number of anilines is 1. The van der Waals surface area contributed by atoms with Crippen molar-refractivity contribution in [1.82, 2.24) is 4.90 Å². The molecule has 2 aromatic rings. The van der Waals surface area contributed by atoms with E-state index in [9.17, 15) is 4.79 Å². The Kier molecular flexibility index (Phi) is 7.01. The van der Waals surface area contributed by atoms with Crippen LogP contribution >= 0.6 is 11.8 Å². The molecule has 1 heterocycles. The Labute approximate surface area is 165 Å². The van der Waals surface area contributed by atoms with Crippen molar-refractivity contribution in [2.24, 2.45) is 0 Å². The van der Waals surface area contributed by atoms with Crippen LogP contribution in [0.1, 0.15) is 15.9 Å². The van der Waals surface area contributed by atoms with Gasteiger partial charge in [-0.2, -0.15) is 11.8 Å². The van der Waals surface area contributed by atoms with Crippen molar-refractivity contribution >= 4 is 23.4 Å². The molecule has 6 heteroatoms. The largest absolute Gasteiger partial charge is 0.497 e. The quantitative estimate of drug-likeness (QED) is 0.789. The van der Waals surface area contributed by atoms with Gasteiger partial charge in [-0.15, -0.1) is 0 Å². The molecule has 1 aliphatic rings. The number of amides is 1. The number of carbonyl (C=O) groups is 1. The molecule has 0 atom stereocenters. The molecule has 27 heavy (non-hydrogen) atoms. The van der Waals surface area contributed by atoms with E-state index in [4.69, 9.17) is 9.47 Å². The number of methoxy groups -OCH3 is 2. The Morgan fingerprint density at radius 3 is 2.48 bits per heavy atom. The van der Waals surface area contributed by atoms with Crippen LogP contribution in [0.2, 0.25) is 0 Å². The van der Waals surface area contributed by atoms with Crippen LogP contribution in [0.4, 0.5) is 5.69 Å². The molecule has 5 nitrogen and oxygen atoms in total. The molecular weight excluding hydrogens is 360 g/mol. The monoisotopic (exact) mass is 386 g/mol. The fraction of sp³-hybridized carbons (Fsp3) is 0.381. The van der Waals surface area contributed by atoms with E-state index in [2.05, 4.69) is 22.3 Å². The first-order valence-corrected chi connectivity index (χ1v) is 10.3. The molecule has 1 amide bonds. The highest BCUT2D eigenvalue weighted by molar-refractivity contribution is 7.99. The van der Waals surface area contributed by atoms with Gasteiger partial charge in [0.15, 0.2) is 0 Å². The third kappa shape index (κ3) is 5.40. The van der Waals surface area contributed by atoms with Gasteiger partial charge < -0.3 is 19.7 Å². The summed E-state index contributed by atoms with van der Waals surface area (Å²) in [4.78, 5) is 15.1. The minimum atomic E-state index is -0.201. The number of benzene rings is 2. The van der Waals surface area contributed by atoms with E-state index < -0.39 is 0 Å². The number of nitrogens with zero attached hydrogens (tertiary/aromatic N) is 1. The van der Waals surface area contributed by atoms with Crippen LogP contribution < -0.4 is 14.8 Å². The molecule has 0 unspecified atom stereocenters. The molecular formula is C21H26N2O3S. The fourth-order valence-corrected chi connectivity index (χ4v) is 4.03. The van der Waals surface area contributed by atoms with Crippen LogP contribution in [0.25, 0.3) is 0 Å². The topological polar surface area (TPSA) is 50.8 Å². The Morgan fingerprint density at radius 1 is 1.07 bits per heavy atom. The molecule has 1 fully saturated rings. The van der Waals surface area contributed by atoms with E-state index in [0.717, 1.165) is 18.7 Å². The molecule has 144 valence electrons. The van der Waals surface area contributed by atoms with E-state index in [1.54, 1.807) is 32.4 Å². The molecule has 1 aliphatic heterocycles. The maximum absolute atomic E-state index is 12.6. The number of carbonyl (C=O) groups excluding carboxylic acids is 1. The third-order valence-electron chi connectivity index (χ3n) is 4.69. The number of thioether (sulfide) groups is 1. The maximum atomic E-state index is 12.6. The average molecular weight is 387 g/mol. The first kappa shape index (κ1) is 19.6. The number of rotatable bonds is 7. The molecule has 1 N–H and O–H groups in total. The van der Waals surface area contributed by atoms with E-state index in [1.807, 2.05) is 23.9 Å². The SMILES string of the molecule is COc1ccc(C(=O)Nc2ccc(CCN3CCSCC3)cc2)c(OC)c1. The van der Waals surface area contributed by atoms with E-state index in [-0.39, 0.29) is 5.91 Å². The molecule has 0 bridgehead atoms. The van der Waals surface area contributed by atoms with Gasteiger partial charge in [-0.05, 0) is 36.2 Å². The van der Waals surface area contributed by atoms with Crippen LogP contribution in [-0.2, 0) is 6.42 Å². The molecule has 0 aromatic heterocycles. The smallest absolute Gasteiger partial charge is 0.259 e. The van der Waals surface area contributed by atoms with Gasteiger partial charge in [-0.25, -0.2) is 0 Å². The minimum absolute atomic E-state index is 0.201. The lowest BCUT2D eigenvalue weighted by molar-refractivity contribution is 0.102. The zero-order chi connectivity index (χ0) is 19.1. The Hall–Kier alpha value is -2.18. The first-order chi connectivity index (χ1) is 13.2. The van der Waals surface area contributed by atoms with Crippen molar-refractivity contribution in [3.63, 3.8) is 0 Å². The lowest BCUT2D eigenvalue weighted by Crippen LogP contribution is -2.34. The molecule has 2 aromatic carbocycles. The molecule has 0 saturated carbocycles. The second-order valence-corrected chi connectivity index (χ2v) is 7.65. The van der Waals surface area contributed by atoms with Crippen LogP contribution in [0.5, 0.6) is 11.5 Å². The van der Waals surface area contributed by atoms with Gasteiger partial charge >= 0.3 is 0 Å². The highest BCUT2D eigenvalue weighted by Crippen LogP contribution is 2.25. The van der Waals surface area contributed by atoms with Crippen molar-refractivity contribution in [2.75, 3.05) is 50.7 Å². The van der Waals surface area contributed by atoms with Gasteiger partial charge in [0, 0.05) is 42.9 Å². The fourth-order valence-electron chi connectivity index (χ4n) is 3.05. The first-order valence-electron chi connectivity index (χ1n) is 9.12. The van der Waals surface area contributed by atoms with Gasteiger partial charge in [-0.3, -0.25) is 4.79 Å². The lowest BCUT2D eigenvalue weighted by atomic mass is 10.1. The summed E-state index contributed by atoms with van der Waals surface area (Å²) in [6, 6.07) is 13.2. The average Bonchev–Trinajstić information content (AvgIpc) is 2.73. The number of hydrogen-bond acceptors (Lipinski definition) is 5. The van der Waals surface area contributed by atoms with Crippen LogP contribution in [0.15, 0.2) is 42.5 Å². The van der Waals surface area contributed by atoms with Crippen LogP contribution in [-0.4, -0.2) is 56.2 Å². The third-order valence-corrected chi connectivity index (χ3v) is 5.63. The molecule has 0 spiro atoms. The minimum Gasteiger partial charge on any atom is -0.497 e. The summed E-state index contributed by atoms with van der Waals surface area (Å²) >= 11 is 2.03. The predicted octanol–water partition coefficient (Wildman–Crippen LogP) is 3.55. The summed E-state index contributed by atoms with van der Waals surface area (Å²) in [5.41, 5.74) is 2.54. The Balaban J connectivity index is 1.58. The zero-order valence-electron chi connectivity index (χ0n) is 15.9. The van der Waals surface area contributed by atoms with Crippen molar-refractivity contribution in [3.05, 3.63) is 53.6 Å². The summed E-state index contributed by atoms with van der Waals surface area (Å²) in [6.45, 7) is 3.46. The summed E-state index contributed by atoms with van der Waals surface area (Å²) in [6.07, 6.45) is 1.03. The van der Waals surface area contributed by atoms with Gasteiger partial charge in [0.2, 0.25) is 0 Å². The summed E-state index contributed by atoms with van der Waals surface area (Å²) < 4.78 is 10.5. The summed E-state index contributed by atoms with van der Waals surface area (Å²) in [5.74, 6) is 3.41. The van der Waals surface area contributed by atoms with Crippen LogP contribution in [0.3, 0.4) is 0 Å². The van der Waals surface area contributed by atoms with Crippen molar-refractivity contribution in [1.29, 1.82) is 0 Å². The molecule has 0 radical (unpaired) electrons. The van der Waals surface area contributed by atoms with E-state index in [0.29, 0.717) is 17.1 Å². The lowest BCUT2D eigenvalue weighted by Gasteiger charge is -2.26. The van der Waals surface area contributed by atoms with Gasteiger partial charge in [0.1, 0.15) is 11.5 Å². The van der Waals surface area contributed by atoms with Gasteiger partial charge in [0.05, 0.1) is 19.8 Å². The van der Waals surface area contributed by atoms with Crippen LogP contribution in [0, 0.1) is 0 Å². The molecule has 0 aliphatic carbocycles. The standard InChI is InChI=1S/C21H26N2O3S/c1-25-18-7-8-19(20(15-18)26-2)21(24)22-17-5-3-16(4-6-17)9-10-23-11-13-27-14-12-23/h3-8,15H,9-14H2,1-2H3,(H,22,24).